The molecule has 0 spiro atoms. The van der Waals surface area contributed by atoms with E-state index in [4.69, 9.17) is 9.16 Å². The molecule has 0 bridgehead atoms. The summed E-state index contributed by atoms with van der Waals surface area (Å²) in [5.74, 6) is -0.572. The molecular weight excluding hydrogens is 506 g/mol. The zero-order chi connectivity index (χ0) is 24.1. The van der Waals surface area contributed by atoms with Crippen LogP contribution < -0.4 is 0 Å². The number of ether oxygens (including phenoxy) is 1. The normalized spacial score (nSPS) is 31.2. The summed E-state index contributed by atoms with van der Waals surface area (Å²) in [5.41, 5.74) is 0. The molecule has 0 aromatic heterocycles. The minimum atomic E-state index is -2.04. The predicted octanol–water partition coefficient (Wildman–Crippen LogP) is 5.69. The number of hydrogen-bond donors (Lipinski definition) is 0. The molecule has 2 fully saturated rings. The van der Waals surface area contributed by atoms with Crippen LogP contribution in [0.15, 0.2) is 35.2 Å². The maximum absolute atomic E-state index is 13.6. The van der Waals surface area contributed by atoms with Crippen LogP contribution >= 0.6 is 27.7 Å². The molecule has 0 radical (unpaired) electrons. The van der Waals surface area contributed by atoms with Gasteiger partial charge >= 0.3 is 5.97 Å². The maximum Gasteiger partial charge on any atom is 0.344 e. The molecule has 2 aliphatic heterocycles. The fourth-order valence-corrected chi connectivity index (χ4v) is 8.46. The highest BCUT2D eigenvalue weighted by atomic mass is 79.9. The highest BCUT2D eigenvalue weighted by Crippen LogP contribution is 2.59. The smallest absolute Gasteiger partial charge is 0.344 e. The molecule has 2 heterocycles. The van der Waals surface area contributed by atoms with Gasteiger partial charge in [-0.05, 0) is 50.0 Å². The van der Waals surface area contributed by atoms with Crippen molar-refractivity contribution in [2.24, 2.45) is 11.8 Å². The number of thioether (sulfide) groups is 1. The van der Waals surface area contributed by atoms with Crippen LogP contribution in [0.2, 0.25) is 18.1 Å². The zero-order valence-corrected chi connectivity index (χ0v) is 23.7. The van der Waals surface area contributed by atoms with Gasteiger partial charge in [0.15, 0.2) is 8.32 Å². The van der Waals surface area contributed by atoms with E-state index in [-0.39, 0.29) is 52.3 Å². The Morgan fingerprint density at radius 3 is 2.41 bits per heavy atom. The zero-order valence-electron chi connectivity index (χ0n) is 20.3. The molecule has 6 atom stereocenters. The third kappa shape index (κ3) is 4.10. The number of esters is 1. The number of β-lactam (4-membered cyclic amide) rings is 1. The minimum Gasteiger partial charge on any atom is -0.464 e. The monoisotopic (exact) mass is 541 g/mol. The van der Waals surface area contributed by atoms with Crippen LogP contribution in [0.1, 0.15) is 41.5 Å². The molecule has 2 unspecified atom stereocenters. The number of fused-ring (bicyclic) bond motifs is 1. The molecule has 5 nitrogen and oxygen atoms in total. The molecule has 0 saturated carbocycles. The van der Waals surface area contributed by atoms with Crippen LogP contribution in [0.4, 0.5) is 0 Å². The van der Waals surface area contributed by atoms with Gasteiger partial charge < -0.3 is 14.1 Å². The van der Waals surface area contributed by atoms with E-state index in [2.05, 4.69) is 56.7 Å². The van der Waals surface area contributed by atoms with Gasteiger partial charge in [0, 0.05) is 4.90 Å². The van der Waals surface area contributed by atoms with E-state index in [9.17, 15) is 9.59 Å². The number of benzene rings is 1. The van der Waals surface area contributed by atoms with Gasteiger partial charge in [-0.3, -0.25) is 4.79 Å². The van der Waals surface area contributed by atoms with Crippen molar-refractivity contribution in [2.75, 3.05) is 6.61 Å². The summed E-state index contributed by atoms with van der Waals surface area (Å²) in [5, 5.41) is 0.0604. The molecule has 2 saturated heterocycles. The highest BCUT2D eigenvalue weighted by molar-refractivity contribution is 9.09. The van der Waals surface area contributed by atoms with Crippen LogP contribution in [-0.4, -0.2) is 53.5 Å². The van der Waals surface area contributed by atoms with Gasteiger partial charge in [-0.2, -0.15) is 0 Å². The third-order valence-electron chi connectivity index (χ3n) is 7.30. The number of nitrogens with zero attached hydrogens (tertiary/aromatic N) is 1. The van der Waals surface area contributed by atoms with Gasteiger partial charge in [0.2, 0.25) is 10.8 Å². The Hall–Kier alpha value is -0.833. The first-order valence-electron chi connectivity index (χ1n) is 11.4. The Morgan fingerprint density at radius 2 is 1.88 bits per heavy atom. The number of halogens is 1. The summed E-state index contributed by atoms with van der Waals surface area (Å²) < 4.78 is 12.1. The molecule has 1 amide bonds. The minimum absolute atomic E-state index is 0.0218. The molecule has 3 rings (SSSR count). The average Bonchev–Trinajstić information content (AvgIpc) is 2.87. The van der Waals surface area contributed by atoms with Gasteiger partial charge in [0.05, 0.1) is 29.5 Å². The summed E-state index contributed by atoms with van der Waals surface area (Å²) >= 11 is 5.23. The largest absolute Gasteiger partial charge is 0.464 e. The number of amides is 1. The average molecular weight is 543 g/mol. The maximum atomic E-state index is 13.6. The van der Waals surface area contributed by atoms with Crippen molar-refractivity contribution < 1.29 is 18.8 Å². The van der Waals surface area contributed by atoms with E-state index in [1.165, 1.54) is 11.8 Å². The van der Waals surface area contributed by atoms with E-state index in [1.807, 2.05) is 37.3 Å². The third-order valence-corrected chi connectivity index (χ3v) is 15.1. The van der Waals surface area contributed by atoms with Crippen molar-refractivity contribution in [3.8, 4) is 0 Å². The van der Waals surface area contributed by atoms with Crippen LogP contribution in [0.3, 0.4) is 0 Å². The fraction of sp³-hybridized carbons (Fsp3) is 0.667. The first-order valence-corrected chi connectivity index (χ1v) is 16.0. The van der Waals surface area contributed by atoms with E-state index < -0.39 is 13.2 Å². The first kappa shape index (κ1) is 25.8. The van der Waals surface area contributed by atoms with Gasteiger partial charge in [-0.1, -0.05) is 73.6 Å². The van der Waals surface area contributed by atoms with E-state index in [0.717, 1.165) is 4.90 Å². The molecule has 32 heavy (non-hydrogen) atoms. The topological polar surface area (TPSA) is 55.8 Å². The quantitative estimate of drug-likeness (QED) is 0.192. The van der Waals surface area contributed by atoms with Crippen LogP contribution in [0, 0.1) is 11.8 Å². The Kier molecular flexibility index (Phi) is 7.32. The molecule has 8 heteroatoms. The first-order chi connectivity index (χ1) is 14.8. The van der Waals surface area contributed by atoms with E-state index in [0.29, 0.717) is 0 Å². The summed E-state index contributed by atoms with van der Waals surface area (Å²) in [6.07, 6.45) is -0.202. The number of rotatable bonds is 7. The van der Waals surface area contributed by atoms with E-state index in [1.54, 1.807) is 11.8 Å². The van der Waals surface area contributed by atoms with Gasteiger partial charge in [-0.25, -0.2) is 4.79 Å². The standard InChI is InChI=1S/C24H36BrNO4SSi/c1-9-29-22(28)24(31-17-13-11-10-12-14-17)20(25)15(2)19-18(21(27)26(19)24)16(3)30-32(7,8)23(4,5)6/h10-16,18-20H,9H2,1-8H3/t15-,16+,18+,19-,20?,24?/m0/s1. The van der Waals surface area contributed by atoms with Crippen molar-refractivity contribution in [3.63, 3.8) is 0 Å². The Balaban J connectivity index is 1.95. The lowest BCUT2D eigenvalue weighted by Gasteiger charge is -2.53. The van der Waals surface area contributed by atoms with Crippen molar-refractivity contribution in [3.05, 3.63) is 30.3 Å². The molecular formula is C24H36BrNO4SSi. The molecule has 1 aromatic rings. The molecule has 178 valence electrons. The lowest BCUT2D eigenvalue weighted by molar-refractivity contribution is -0.174. The Bertz CT molecular complexity index is 861. The summed E-state index contributed by atoms with van der Waals surface area (Å²) in [4.78, 5) is 28.4. The van der Waals surface area contributed by atoms with Crippen molar-refractivity contribution >= 4 is 47.9 Å². The lowest BCUT2D eigenvalue weighted by Crippen LogP contribution is -2.70. The molecule has 2 aliphatic rings. The van der Waals surface area contributed by atoms with Crippen molar-refractivity contribution in [1.29, 1.82) is 0 Å². The SMILES string of the molecule is CCOC(=O)C1(Sc2ccccc2)C(Br)[C@@H](C)[C@H]2[C@@H]([C@@H](C)O[Si](C)(C)C(C)(C)C)C(=O)N21. The van der Waals surface area contributed by atoms with Crippen LogP contribution in [0.25, 0.3) is 0 Å². The van der Waals surface area contributed by atoms with E-state index >= 15 is 0 Å². The summed E-state index contributed by atoms with van der Waals surface area (Å²) in [6.45, 7) is 17.2. The molecule has 0 aliphatic carbocycles. The van der Waals surface area contributed by atoms with Gasteiger partial charge in [0.1, 0.15) is 0 Å². The second-order valence-corrected chi connectivity index (χ2v) is 17.4. The second kappa shape index (κ2) is 9.08. The Morgan fingerprint density at radius 1 is 1.28 bits per heavy atom. The lowest BCUT2D eigenvalue weighted by atomic mass is 9.79. The summed E-state index contributed by atoms with van der Waals surface area (Å²) in [7, 11) is -2.04. The number of carbonyl (C=O) groups excluding carboxylic acids is 2. The van der Waals surface area contributed by atoms with Crippen LogP contribution in [-0.2, 0) is 18.8 Å². The fourth-order valence-electron chi connectivity index (χ4n) is 4.60. The molecule has 1 aromatic carbocycles. The number of carbonyl (C=O) groups is 2. The number of hydrogen-bond acceptors (Lipinski definition) is 5. The second-order valence-electron chi connectivity index (χ2n) is 10.4. The van der Waals surface area contributed by atoms with Crippen molar-refractivity contribution in [1.82, 2.24) is 4.90 Å². The molecule has 0 N–H and O–H groups in total. The van der Waals surface area contributed by atoms with Crippen LogP contribution in [0.5, 0.6) is 0 Å². The van der Waals surface area contributed by atoms with Gasteiger partial charge in [-0.15, -0.1) is 0 Å². The Labute approximate surface area is 206 Å². The summed E-state index contributed by atoms with van der Waals surface area (Å²) in [6, 6.07) is 9.68. The van der Waals surface area contributed by atoms with Crippen molar-refractivity contribution in [2.45, 2.75) is 86.4 Å². The number of alkyl halides is 1. The highest BCUT2D eigenvalue weighted by Gasteiger charge is 2.73. The predicted molar refractivity (Wildman–Crippen MR) is 135 cm³/mol. The van der Waals surface area contributed by atoms with Gasteiger partial charge in [0.25, 0.3) is 0 Å².